The molecule has 1 aromatic carbocycles. The number of carbonyl (C=O) groups excluding carboxylic acids is 1. The number of carbonyl (C=O) groups is 2. The second kappa shape index (κ2) is 7.41. The van der Waals surface area contributed by atoms with E-state index in [1.165, 1.54) is 22.2 Å². The van der Waals surface area contributed by atoms with Gasteiger partial charge in [0.2, 0.25) is 0 Å². The van der Waals surface area contributed by atoms with E-state index in [-0.39, 0.29) is 12.1 Å². The minimum Gasteiger partial charge on any atom is -0.481 e. The fourth-order valence-electron chi connectivity index (χ4n) is 2.10. The van der Waals surface area contributed by atoms with Crippen molar-refractivity contribution in [3.05, 3.63) is 57.8 Å². The topological polar surface area (TPSA) is 110 Å². The van der Waals surface area contributed by atoms with Crippen LogP contribution in [0, 0.1) is 0 Å². The van der Waals surface area contributed by atoms with Gasteiger partial charge in [0, 0.05) is 16.6 Å². The monoisotopic (exact) mass is 377 g/mol. The van der Waals surface area contributed by atoms with E-state index >= 15 is 0 Å². The molecule has 0 saturated heterocycles. The number of hydrogen-bond acceptors (Lipinski definition) is 6. The highest BCUT2D eigenvalue weighted by atomic mass is 35.5. The van der Waals surface area contributed by atoms with E-state index in [2.05, 4.69) is 20.6 Å². The minimum absolute atomic E-state index is 0.0712. The van der Waals surface area contributed by atoms with Gasteiger partial charge in [-0.3, -0.25) is 9.59 Å². The predicted molar refractivity (Wildman–Crippen MR) is 90.9 cm³/mol. The van der Waals surface area contributed by atoms with Crippen LogP contribution in [0.4, 0.5) is 0 Å². The molecule has 25 heavy (non-hydrogen) atoms. The zero-order chi connectivity index (χ0) is 17.8. The van der Waals surface area contributed by atoms with E-state index in [0.717, 1.165) is 0 Å². The van der Waals surface area contributed by atoms with Gasteiger partial charge >= 0.3 is 5.97 Å². The van der Waals surface area contributed by atoms with E-state index in [4.69, 9.17) is 16.7 Å². The molecule has 2 N–H and O–H groups in total. The number of nitrogens with zero attached hydrogens (tertiary/aromatic N) is 4. The highest BCUT2D eigenvalue weighted by Gasteiger charge is 2.22. The number of carboxylic acids is 1. The van der Waals surface area contributed by atoms with Crippen molar-refractivity contribution >= 4 is 34.8 Å². The number of aliphatic carboxylic acids is 1. The molecule has 10 heteroatoms. The maximum Gasteiger partial charge on any atom is 0.305 e. The van der Waals surface area contributed by atoms with Gasteiger partial charge in [0.25, 0.3) is 5.91 Å². The van der Waals surface area contributed by atoms with E-state index < -0.39 is 17.9 Å². The van der Waals surface area contributed by atoms with E-state index in [0.29, 0.717) is 15.7 Å². The maximum atomic E-state index is 12.4. The van der Waals surface area contributed by atoms with Crippen LogP contribution in [0.2, 0.25) is 5.02 Å². The molecule has 2 aromatic heterocycles. The van der Waals surface area contributed by atoms with Gasteiger partial charge in [-0.1, -0.05) is 16.8 Å². The number of thiazole rings is 1. The first kappa shape index (κ1) is 17.1. The number of benzene rings is 1. The second-order valence-corrected chi connectivity index (χ2v) is 6.38. The van der Waals surface area contributed by atoms with Gasteiger partial charge in [-0.2, -0.15) is 0 Å². The highest BCUT2D eigenvalue weighted by Crippen LogP contribution is 2.20. The van der Waals surface area contributed by atoms with Crippen LogP contribution in [0.25, 0.3) is 5.69 Å². The SMILES string of the molecule is O=C(O)CC(NC(=O)c1cn(-c2ccc(Cl)cc2)nn1)c1nccs1. The predicted octanol–water partition coefficient (Wildman–Crippen LogP) is 2.32. The van der Waals surface area contributed by atoms with Crippen molar-refractivity contribution in [2.24, 2.45) is 0 Å². The van der Waals surface area contributed by atoms with E-state index in [9.17, 15) is 9.59 Å². The Morgan fingerprint density at radius 2 is 2.08 bits per heavy atom. The van der Waals surface area contributed by atoms with Crippen molar-refractivity contribution in [1.29, 1.82) is 0 Å². The molecule has 0 spiro atoms. The molecular formula is C15H12ClN5O3S. The van der Waals surface area contributed by atoms with Crippen molar-refractivity contribution in [3.8, 4) is 5.69 Å². The zero-order valence-corrected chi connectivity index (χ0v) is 14.2. The first-order valence-corrected chi connectivity index (χ1v) is 8.39. The summed E-state index contributed by atoms with van der Waals surface area (Å²) in [5.41, 5.74) is 0.764. The van der Waals surface area contributed by atoms with Gasteiger partial charge in [-0.05, 0) is 24.3 Å². The largest absolute Gasteiger partial charge is 0.481 e. The number of carboxylic acid groups (broad SMARTS) is 1. The number of amides is 1. The summed E-state index contributed by atoms with van der Waals surface area (Å²) in [6.45, 7) is 0. The van der Waals surface area contributed by atoms with Crippen LogP contribution < -0.4 is 5.32 Å². The maximum absolute atomic E-state index is 12.4. The Bertz CT molecular complexity index is 879. The van der Waals surface area contributed by atoms with Gasteiger partial charge in [0.1, 0.15) is 5.01 Å². The second-order valence-electron chi connectivity index (χ2n) is 5.02. The molecule has 2 heterocycles. The zero-order valence-electron chi connectivity index (χ0n) is 12.7. The number of rotatable bonds is 6. The lowest BCUT2D eigenvalue weighted by Gasteiger charge is -2.13. The molecule has 0 aliphatic rings. The molecule has 128 valence electrons. The fourth-order valence-corrected chi connectivity index (χ4v) is 2.92. The summed E-state index contributed by atoms with van der Waals surface area (Å²) in [6.07, 6.45) is 2.74. The standard InChI is InChI=1S/C15H12ClN5O3S/c16-9-1-3-10(4-2-9)21-8-12(19-20-21)14(24)18-11(7-13(22)23)15-17-5-6-25-15/h1-6,8,11H,7H2,(H,18,24)(H,22,23). The van der Waals surface area contributed by atoms with Gasteiger partial charge in [-0.15, -0.1) is 16.4 Å². The van der Waals surface area contributed by atoms with E-state index in [1.54, 1.807) is 35.8 Å². The van der Waals surface area contributed by atoms with Crippen LogP contribution in [0.3, 0.4) is 0 Å². The van der Waals surface area contributed by atoms with E-state index in [1.807, 2.05) is 0 Å². The van der Waals surface area contributed by atoms with Gasteiger partial charge in [0.15, 0.2) is 5.69 Å². The quantitative estimate of drug-likeness (QED) is 0.682. The van der Waals surface area contributed by atoms with Crippen LogP contribution in [-0.2, 0) is 4.79 Å². The molecule has 0 saturated carbocycles. The molecule has 1 unspecified atom stereocenters. The minimum atomic E-state index is -1.04. The third-order valence-electron chi connectivity index (χ3n) is 3.25. The molecule has 0 radical (unpaired) electrons. The summed E-state index contributed by atoms with van der Waals surface area (Å²) in [7, 11) is 0. The summed E-state index contributed by atoms with van der Waals surface area (Å²) in [4.78, 5) is 27.5. The molecule has 0 bridgehead atoms. The average molecular weight is 378 g/mol. The third kappa shape index (κ3) is 4.20. The molecular weight excluding hydrogens is 366 g/mol. The summed E-state index contributed by atoms with van der Waals surface area (Å²) in [5, 5.41) is 22.2. The summed E-state index contributed by atoms with van der Waals surface area (Å²) in [6, 6.07) is 6.14. The number of halogens is 1. The van der Waals surface area contributed by atoms with Crippen molar-refractivity contribution in [3.63, 3.8) is 0 Å². The molecule has 0 aliphatic heterocycles. The van der Waals surface area contributed by atoms with Gasteiger partial charge in [-0.25, -0.2) is 9.67 Å². The lowest BCUT2D eigenvalue weighted by molar-refractivity contribution is -0.137. The van der Waals surface area contributed by atoms with Crippen molar-refractivity contribution in [2.75, 3.05) is 0 Å². The van der Waals surface area contributed by atoms with Crippen LogP contribution in [0.5, 0.6) is 0 Å². The molecule has 0 fully saturated rings. The average Bonchev–Trinajstić information content (AvgIpc) is 3.26. The Hall–Kier alpha value is -2.78. The Morgan fingerprint density at radius 1 is 1.32 bits per heavy atom. The number of hydrogen-bond donors (Lipinski definition) is 2. The Morgan fingerprint density at radius 3 is 2.72 bits per heavy atom. The van der Waals surface area contributed by atoms with Crippen LogP contribution in [0.15, 0.2) is 42.0 Å². The van der Waals surface area contributed by atoms with Crippen LogP contribution in [0.1, 0.15) is 28.0 Å². The first-order chi connectivity index (χ1) is 12.0. The van der Waals surface area contributed by atoms with Crippen molar-refractivity contribution in [1.82, 2.24) is 25.3 Å². The number of nitrogens with one attached hydrogen (secondary N) is 1. The Balaban J connectivity index is 1.76. The highest BCUT2D eigenvalue weighted by molar-refractivity contribution is 7.09. The van der Waals surface area contributed by atoms with Gasteiger partial charge < -0.3 is 10.4 Å². The molecule has 8 nitrogen and oxygen atoms in total. The lowest BCUT2D eigenvalue weighted by Crippen LogP contribution is -2.30. The molecule has 3 aromatic rings. The normalized spacial score (nSPS) is 11.9. The molecule has 3 rings (SSSR count). The summed E-state index contributed by atoms with van der Waals surface area (Å²) >= 11 is 7.11. The Kier molecular flexibility index (Phi) is 5.05. The third-order valence-corrected chi connectivity index (χ3v) is 4.39. The Labute approximate surface area is 151 Å². The number of aromatic nitrogens is 4. The van der Waals surface area contributed by atoms with Crippen molar-refractivity contribution < 1.29 is 14.7 Å². The fraction of sp³-hybridized carbons (Fsp3) is 0.133. The molecule has 1 amide bonds. The van der Waals surface area contributed by atoms with Gasteiger partial charge in [0.05, 0.1) is 24.3 Å². The molecule has 1 atom stereocenters. The smallest absolute Gasteiger partial charge is 0.305 e. The first-order valence-electron chi connectivity index (χ1n) is 7.13. The summed E-state index contributed by atoms with van der Waals surface area (Å²) < 4.78 is 1.43. The summed E-state index contributed by atoms with van der Waals surface area (Å²) in [5.74, 6) is -1.56. The van der Waals surface area contributed by atoms with Crippen LogP contribution in [-0.4, -0.2) is 37.0 Å². The lowest BCUT2D eigenvalue weighted by atomic mass is 10.2. The molecule has 0 aliphatic carbocycles. The van der Waals surface area contributed by atoms with Crippen LogP contribution >= 0.6 is 22.9 Å². The van der Waals surface area contributed by atoms with Crippen molar-refractivity contribution in [2.45, 2.75) is 12.5 Å².